The summed E-state index contributed by atoms with van der Waals surface area (Å²) < 4.78 is 5.61. The number of hydrogen-bond donors (Lipinski definition) is 0. The average molecular weight is 235 g/mol. The van der Waals surface area contributed by atoms with Gasteiger partial charge in [0.1, 0.15) is 0 Å². The molecule has 1 aliphatic heterocycles. The molecule has 1 rings (SSSR count). The lowest BCUT2D eigenvalue weighted by atomic mass is 10.2. The summed E-state index contributed by atoms with van der Waals surface area (Å²) in [6.45, 7) is 6.32. The molecule has 0 aromatic carbocycles. The third kappa shape index (κ3) is 4.68. The number of hydrogen-bond acceptors (Lipinski definition) is 3. The Bertz CT molecular complexity index is 178. The van der Waals surface area contributed by atoms with Gasteiger partial charge < -0.3 is 9.64 Å². The van der Waals surface area contributed by atoms with Gasteiger partial charge in [0.05, 0.1) is 12.7 Å². The first kappa shape index (κ1) is 13.2. The normalized spacial score (nSPS) is 28.6. The SMILES string of the molecule is CC1COC(CCl)CN1CCCN(C)C. The molecular weight excluding hydrogens is 212 g/mol. The van der Waals surface area contributed by atoms with Gasteiger partial charge in [0.15, 0.2) is 0 Å². The standard InChI is InChI=1S/C11H23ClN2O/c1-10-9-15-11(7-12)8-14(10)6-4-5-13(2)3/h10-11H,4-9H2,1-3H3. The second kappa shape index (κ2) is 6.69. The van der Waals surface area contributed by atoms with E-state index < -0.39 is 0 Å². The Labute approximate surface area is 98.3 Å². The van der Waals surface area contributed by atoms with Crippen LogP contribution in [0, 0.1) is 0 Å². The van der Waals surface area contributed by atoms with E-state index in [1.807, 2.05) is 0 Å². The van der Waals surface area contributed by atoms with Gasteiger partial charge in [-0.2, -0.15) is 0 Å². The molecule has 1 aliphatic rings. The average Bonchev–Trinajstić information content (AvgIpc) is 2.20. The van der Waals surface area contributed by atoms with E-state index in [9.17, 15) is 0 Å². The molecule has 2 atom stereocenters. The Kier molecular flexibility index (Phi) is 5.90. The predicted octanol–water partition coefficient (Wildman–Crippen LogP) is 1.27. The van der Waals surface area contributed by atoms with E-state index in [0.717, 1.165) is 26.2 Å². The molecule has 2 unspecified atom stereocenters. The molecule has 0 amide bonds. The smallest absolute Gasteiger partial charge is 0.0837 e. The van der Waals surface area contributed by atoms with Gasteiger partial charge in [0.25, 0.3) is 0 Å². The van der Waals surface area contributed by atoms with E-state index in [0.29, 0.717) is 11.9 Å². The second-order valence-corrected chi connectivity index (χ2v) is 4.92. The summed E-state index contributed by atoms with van der Waals surface area (Å²) in [5.74, 6) is 0.608. The zero-order valence-corrected chi connectivity index (χ0v) is 10.8. The van der Waals surface area contributed by atoms with Crippen molar-refractivity contribution in [1.82, 2.24) is 9.80 Å². The van der Waals surface area contributed by atoms with Gasteiger partial charge in [-0.1, -0.05) is 0 Å². The van der Waals surface area contributed by atoms with Gasteiger partial charge in [-0.15, -0.1) is 11.6 Å². The highest BCUT2D eigenvalue weighted by Crippen LogP contribution is 2.12. The molecule has 0 aromatic rings. The van der Waals surface area contributed by atoms with Crippen LogP contribution in [0.4, 0.5) is 0 Å². The third-order valence-electron chi connectivity index (χ3n) is 2.86. The van der Waals surface area contributed by atoms with Crippen LogP contribution in [0.1, 0.15) is 13.3 Å². The monoisotopic (exact) mass is 234 g/mol. The van der Waals surface area contributed by atoms with Gasteiger partial charge in [-0.05, 0) is 40.5 Å². The minimum Gasteiger partial charge on any atom is -0.374 e. The number of ether oxygens (including phenoxy) is 1. The lowest BCUT2D eigenvalue weighted by Crippen LogP contribution is -2.49. The van der Waals surface area contributed by atoms with Crippen molar-refractivity contribution in [3.05, 3.63) is 0 Å². The number of nitrogens with zero attached hydrogens (tertiary/aromatic N) is 2. The van der Waals surface area contributed by atoms with E-state index in [4.69, 9.17) is 16.3 Å². The third-order valence-corrected chi connectivity index (χ3v) is 3.20. The van der Waals surface area contributed by atoms with Crippen molar-refractivity contribution < 1.29 is 4.74 Å². The zero-order valence-electron chi connectivity index (χ0n) is 10.1. The number of alkyl halides is 1. The summed E-state index contributed by atoms with van der Waals surface area (Å²) in [7, 11) is 4.23. The molecule has 0 aliphatic carbocycles. The number of rotatable bonds is 5. The molecule has 1 fully saturated rings. The van der Waals surface area contributed by atoms with Crippen molar-refractivity contribution in [2.24, 2.45) is 0 Å². The van der Waals surface area contributed by atoms with Crippen molar-refractivity contribution in [3.63, 3.8) is 0 Å². The van der Waals surface area contributed by atoms with Gasteiger partial charge in [0.2, 0.25) is 0 Å². The fraction of sp³-hybridized carbons (Fsp3) is 1.00. The lowest BCUT2D eigenvalue weighted by molar-refractivity contribution is -0.0482. The summed E-state index contributed by atoms with van der Waals surface area (Å²) in [5.41, 5.74) is 0. The highest BCUT2D eigenvalue weighted by molar-refractivity contribution is 6.18. The fourth-order valence-corrected chi connectivity index (χ4v) is 2.06. The molecule has 3 nitrogen and oxygen atoms in total. The second-order valence-electron chi connectivity index (χ2n) is 4.61. The Morgan fingerprint density at radius 2 is 2.20 bits per heavy atom. The molecule has 90 valence electrons. The van der Waals surface area contributed by atoms with Crippen LogP contribution < -0.4 is 0 Å². The van der Waals surface area contributed by atoms with Gasteiger partial charge in [-0.25, -0.2) is 0 Å². The molecule has 0 N–H and O–H groups in total. The maximum Gasteiger partial charge on any atom is 0.0837 e. The van der Waals surface area contributed by atoms with E-state index in [-0.39, 0.29) is 6.10 Å². The topological polar surface area (TPSA) is 15.7 Å². The Morgan fingerprint density at radius 1 is 1.47 bits per heavy atom. The molecular formula is C11H23ClN2O. The summed E-state index contributed by atoms with van der Waals surface area (Å²) in [6.07, 6.45) is 1.44. The van der Waals surface area contributed by atoms with Gasteiger partial charge in [-0.3, -0.25) is 4.90 Å². The highest BCUT2D eigenvalue weighted by Gasteiger charge is 2.24. The maximum absolute atomic E-state index is 5.82. The van der Waals surface area contributed by atoms with Crippen LogP contribution in [-0.4, -0.2) is 68.2 Å². The van der Waals surface area contributed by atoms with E-state index in [2.05, 4.69) is 30.8 Å². The first-order chi connectivity index (χ1) is 7.13. The Hall–Kier alpha value is 0.170. The van der Waals surface area contributed by atoms with Crippen molar-refractivity contribution in [1.29, 1.82) is 0 Å². The maximum atomic E-state index is 5.82. The summed E-state index contributed by atoms with van der Waals surface area (Å²) in [4.78, 5) is 4.71. The fourth-order valence-electron chi connectivity index (χ4n) is 1.87. The van der Waals surface area contributed by atoms with Crippen LogP contribution in [0.3, 0.4) is 0 Å². The molecule has 4 heteroatoms. The molecule has 0 saturated carbocycles. The summed E-state index contributed by atoms with van der Waals surface area (Å²) in [6, 6.07) is 0.534. The number of halogens is 1. The molecule has 0 radical (unpaired) electrons. The van der Waals surface area contributed by atoms with Crippen LogP contribution in [0.2, 0.25) is 0 Å². The molecule has 0 spiro atoms. The van der Waals surface area contributed by atoms with E-state index in [1.165, 1.54) is 6.42 Å². The quantitative estimate of drug-likeness (QED) is 0.667. The van der Waals surface area contributed by atoms with Crippen LogP contribution in [0.15, 0.2) is 0 Å². The first-order valence-corrected chi connectivity index (χ1v) is 6.23. The van der Waals surface area contributed by atoms with E-state index >= 15 is 0 Å². The highest BCUT2D eigenvalue weighted by atomic mass is 35.5. The first-order valence-electron chi connectivity index (χ1n) is 5.70. The molecule has 1 heterocycles. The number of morpholine rings is 1. The molecule has 1 saturated heterocycles. The molecule has 15 heavy (non-hydrogen) atoms. The van der Waals surface area contributed by atoms with Gasteiger partial charge >= 0.3 is 0 Å². The molecule has 0 aromatic heterocycles. The van der Waals surface area contributed by atoms with Crippen molar-refractivity contribution in [2.75, 3.05) is 46.2 Å². The lowest BCUT2D eigenvalue weighted by Gasteiger charge is -2.37. The minimum atomic E-state index is 0.224. The van der Waals surface area contributed by atoms with Crippen molar-refractivity contribution >= 4 is 11.6 Å². The largest absolute Gasteiger partial charge is 0.374 e. The predicted molar refractivity (Wildman–Crippen MR) is 64.7 cm³/mol. The van der Waals surface area contributed by atoms with E-state index in [1.54, 1.807) is 0 Å². The van der Waals surface area contributed by atoms with Gasteiger partial charge in [0, 0.05) is 18.5 Å². The zero-order chi connectivity index (χ0) is 11.3. The minimum absolute atomic E-state index is 0.224. The Balaban J connectivity index is 2.25. The van der Waals surface area contributed by atoms with Crippen LogP contribution >= 0.6 is 11.6 Å². The van der Waals surface area contributed by atoms with Crippen LogP contribution in [0.25, 0.3) is 0 Å². The van der Waals surface area contributed by atoms with Crippen molar-refractivity contribution in [2.45, 2.75) is 25.5 Å². The van der Waals surface area contributed by atoms with Crippen LogP contribution in [0.5, 0.6) is 0 Å². The van der Waals surface area contributed by atoms with Crippen molar-refractivity contribution in [3.8, 4) is 0 Å². The van der Waals surface area contributed by atoms with Crippen LogP contribution in [-0.2, 0) is 4.74 Å². The Morgan fingerprint density at radius 3 is 2.80 bits per heavy atom. The molecule has 0 bridgehead atoms. The summed E-state index contributed by atoms with van der Waals surface area (Å²) >= 11 is 5.82. The summed E-state index contributed by atoms with van der Waals surface area (Å²) in [5, 5.41) is 0.